The molecule has 0 bridgehead atoms. The molecule has 0 aliphatic heterocycles. The lowest BCUT2D eigenvalue weighted by Gasteiger charge is -2.00. The van der Waals surface area contributed by atoms with Crippen LogP contribution in [0.4, 0.5) is 0 Å². The van der Waals surface area contributed by atoms with Crippen molar-refractivity contribution in [3.63, 3.8) is 0 Å². The summed E-state index contributed by atoms with van der Waals surface area (Å²) in [6, 6.07) is 14.3. The second-order valence-electron chi connectivity index (χ2n) is 5.33. The summed E-state index contributed by atoms with van der Waals surface area (Å²) in [7, 11) is 0. The molecule has 3 rings (SSSR count). The van der Waals surface area contributed by atoms with Gasteiger partial charge in [-0.3, -0.25) is 4.99 Å². The van der Waals surface area contributed by atoms with Crippen molar-refractivity contribution in [1.29, 1.82) is 0 Å². The van der Waals surface area contributed by atoms with Crippen molar-refractivity contribution in [3.8, 4) is 5.88 Å². The predicted molar refractivity (Wildman–Crippen MR) is 87.2 cm³/mol. The number of hydrogen-bond acceptors (Lipinski definition) is 2. The molecule has 0 fully saturated rings. The molecular weight excluding hydrogens is 260 g/mol. The first-order valence-electron chi connectivity index (χ1n) is 7.01. The second kappa shape index (κ2) is 5.44. The number of H-pyrrole nitrogens is 1. The van der Waals surface area contributed by atoms with Crippen molar-refractivity contribution in [2.24, 2.45) is 4.99 Å². The monoisotopic (exact) mass is 278 g/mol. The highest BCUT2D eigenvalue weighted by Gasteiger charge is 2.08. The molecule has 106 valence electrons. The zero-order valence-electron chi connectivity index (χ0n) is 12.2. The van der Waals surface area contributed by atoms with Crippen molar-refractivity contribution in [2.75, 3.05) is 0 Å². The molecule has 21 heavy (non-hydrogen) atoms. The Morgan fingerprint density at radius 2 is 1.95 bits per heavy atom. The summed E-state index contributed by atoms with van der Waals surface area (Å²) in [6.45, 7) is 4.73. The van der Waals surface area contributed by atoms with E-state index in [9.17, 15) is 5.11 Å². The van der Waals surface area contributed by atoms with Gasteiger partial charge in [0.25, 0.3) is 0 Å². The van der Waals surface area contributed by atoms with Gasteiger partial charge in [0, 0.05) is 17.1 Å². The highest BCUT2D eigenvalue weighted by molar-refractivity contribution is 6.02. The molecule has 0 aliphatic rings. The minimum Gasteiger partial charge on any atom is -0.494 e. The molecule has 0 radical (unpaired) electrons. The first-order chi connectivity index (χ1) is 10.1. The number of rotatable bonds is 3. The van der Waals surface area contributed by atoms with Gasteiger partial charge in [0.15, 0.2) is 5.88 Å². The number of aliphatic imine (C=N–C) groups is 1. The van der Waals surface area contributed by atoms with E-state index in [1.165, 1.54) is 11.1 Å². The van der Waals surface area contributed by atoms with E-state index in [0.29, 0.717) is 6.54 Å². The van der Waals surface area contributed by atoms with Crippen LogP contribution in [0.1, 0.15) is 22.3 Å². The van der Waals surface area contributed by atoms with Gasteiger partial charge in [-0.15, -0.1) is 0 Å². The van der Waals surface area contributed by atoms with Crippen LogP contribution in [-0.4, -0.2) is 16.3 Å². The van der Waals surface area contributed by atoms with Gasteiger partial charge in [-0.25, -0.2) is 0 Å². The van der Waals surface area contributed by atoms with Gasteiger partial charge < -0.3 is 10.1 Å². The minimum atomic E-state index is 0.170. The fourth-order valence-corrected chi connectivity index (χ4v) is 2.47. The van der Waals surface area contributed by atoms with E-state index in [-0.39, 0.29) is 5.88 Å². The molecule has 1 aromatic heterocycles. The van der Waals surface area contributed by atoms with Gasteiger partial charge in [-0.05, 0) is 36.6 Å². The minimum absolute atomic E-state index is 0.170. The van der Waals surface area contributed by atoms with Crippen molar-refractivity contribution in [2.45, 2.75) is 20.4 Å². The number of hydrogen-bond donors (Lipinski definition) is 2. The number of aromatic nitrogens is 1. The lowest BCUT2D eigenvalue weighted by atomic mass is 10.1. The van der Waals surface area contributed by atoms with Crippen LogP contribution in [0.2, 0.25) is 0 Å². The Balaban J connectivity index is 1.90. The largest absolute Gasteiger partial charge is 0.494 e. The van der Waals surface area contributed by atoms with Gasteiger partial charge >= 0.3 is 0 Å². The Morgan fingerprint density at radius 3 is 2.76 bits per heavy atom. The molecule has 0 unspecified atom stereocenters. The SMILES string of the molecule is Cc1ccc2c(C=NCc3ccccc3C)c(O)[nH]c2c1. The molecule has 0 saturated carbocycles. The Kier molecular flexibility index (Phi) is 3.48. The van der Waals surface area contributed by atoms with Crippen LogP contribution in [0.15, 0.2) is 47.5 Å². The fourth-order valence-electron chi connectivity index (χ4n) is 2.47. The Labute approximate surface area is 124 Å². The van der Waals surface area contributed by atoms with Crippen LogP contribution in [0.25, 0.3) is 10.9 Å². The third-order valence-electron chi connectivity index (χ3n) is 3.72. The summed E-state index contributed by atoms with van der Waals surface area (Å²) in [5.74, 6) is 0.170. The third-order valence-corrected chi connectivity index (χ3v) is 3.72. The standard InChI is InChI=1S/C18H18N2O/c1-12-7-8-15-16(18(21)20-17(15)9-12)11-19-10-14-6-4-3-5-13(14)2/h3-9,11,20-21H,10H2,1-2H3. The summed E-state index contributed by atoms with van der Waals surface area (Å²) in [4.78, 5) is 7.47. The zero-order chi connectivity index (χ0) is 14.8. The summed E-state index contributed by atoms with van der Waals surface area (Å²) in [5.41, 5.74) is 5.27. The molecular formula is C18H18N2O. The maximum absolute atomic E-state index is 10.0. The number of nitrogens with one attached hydrogen (secondary N) is 1. The van der Waals surface area contributed by atoms with E-state index in [2.05, 4.69) is 29.0 Å². The first kappa shape index (κ1) is 13.4. The van der Waals surface area contributed by atoms with Gasteiger partial charge in [-0.1, -0.05) is 36.4 Å². The average molecular weight is 278 g/mol. The molecule has 0 atom stereocenters. The number of aryl methyl sites for hydroxylation is 2. The van der Waals surface area contributed by atoms with Crippen LogP contribution in [0.5, 0.6) is 5.88 Å². The van der Waals surface area contributed by atoms with E-state index in [1.54, 1.807) is 6.21 Å². The van der Waals surface area contributed by atoms with Crippen LogP contribution >= 0.6 is 0 Å². The van der Waals surface area contributed by atoms with Crippen LogP contribution in [0.3, 0.4) is 0 Å². The summed E-state index contributed by atoms with van der Waals surface area (Å²) in [6.07, 6.45) is 1.75. The Morgan fingerprint density at radius 1 is 1.14 bits per heavy atom. The maximum atomic E-state index is 10.0. The van der Waals surface area contributed by atoms with E-state index in [4.69, 9.17) is 0 Å². The van der Waals surface area contributed by atoms with E-state index in [0.717, 1.165) is 22.0 Å². The zero-order valence-corrected chi connectivity index (χ0v) is 12.2. The summed E-state index contributed by atoms with van der Waals surface area (Å²) in [5, 5.41) is 11.0. The molecule has 2 N–H and O–H groups in total. The van der Waals surface area contributed by atoms with Gasteiger partial charge in [0.2, 0.25) is 0 Å². The maximum Gasteiger partial charge on any atom is 0.198 e. The lowest BCUT2D eigenvalue weighted by molar-refractivity contribution is 0.457. The first-order valence-corrected chi connectivity index (χ1v) is 7.01. The number of aromatic amines is 1. The van der Waals surface area contributed by atoms with Gasteiger partial charge in [0.05, 0.1) is 12.1 Å². The molecule has 3 aromatic rings. The van der Waals surface area contributed by atoms with Crippen LogP contribution < -0.4 is 0 Å². The van der Waals surface area contributed by atoms with Crippen LogP contribution in [-0.2, 0) is 6.54 Å². The molecule has 2 aromatic carbocycles. The molecule has 3 nitrogen and oxygen atoms in total. The lowest BCUT2D eigenvalue weighted by Crippen LogP contribution is -1.87. The van der Waals surface area contributed by atoms with Gasteiger partial charge in [0.1, 0.15) is 0 Å². The number of aromatic hydroxyl groups is 1. The molecule has 1 heterocycles. The van der Waals surface area contributed by atoms with E-state index >= 15 is 0 Å². The van der Waals surface area contributed by atoms with Crippen molar-refractivity contribution < 1.29 is 5.11 Å². The third kappa shape index (κ3) is 2.68. The number of nitrogens with zero attached hydrogens (tertiary/aromatic N) is 1. The van der Waals surface area contributed by atoms with Crippen molar-refractivity contribution in [3.05, 3.63) is 64.7 Å². The normalized spacial score (nSPS) is 11.5. The highest BCUT2D eigenvalue weighted by atomic mass is 16.3. The molecule has 0 aliphatic carbocycles. The average Bonchev–Trinajstić information content (AvgIpc) is 2.76. The molecule has 0 amide bonds. The number of benzene rings is 2. The summed E-state index contributed by atoms with van der Waals surface area (Å²) >= 11 is 0. The van der Waals surface area contributed by atoms with Crippen molar-refractivity contribution in [1.82, 2.24) is 4.98 Å². The van der Waals surface area contributed by atoms with Gasteiger partial charge in [-0.2, -0.15) is 0 Å². The summed E-state index contributed by atoms with van der Waals surface area (Å²) < 4.78 is 0. The quantitative estimate of drug-likeness (QED) is 0.696. The fraction of sp³-hybridized carbons (Fsp3) is 0.167. The molecule has 0 saturated heterocycles. The van der Waals surface area contributed by atoms with E-state index in [1.807, 2.05) is 37.3 Å². The Hall–Kier alpha value is -2.55. The van der Waals surface area contributed by atoms with Crippen LogP contribution in [0, 0.1) is 13.8 Å². The molecule has 3 heteroatoms. The smallest absolute Gasteiger partial charge is 0.198 e. The van der Waals surface area contributed by atoms with E-state index < -0.39 is 0 Å². The second-order valence-corrected chi connectivity index (χ2v) is 5.33. The highest BCUT2D eigenvalue weighted by Crippen LogP contribution is 2.26. The molecule has 0 spiro atoms. The predicted octanol–water partition coefficient (Wildman–Crippen LogP) is 4.11. The number of fused-ring (bicyclic) bond motifs is 1. The topological polar surface area (TPSA) is 48.4 Å². The Bertz CT molecular complexity index is 815. The van der Waals surface area contributed by atoms with Crippen molar-refractivity contribution >= 4 is 17.1 Å².